The minimum Gasteiger partial charge on any atom is -0.351 e. The summed E-state index contributed by atoms with van der Waals surface area (Å²) >= 11 is 1.56. The summed E-state index contributed by atoms with van der Waals surface area (Å²) in [5.41, 5.74) is 9.38. The van der Waals surface area contributed by atoms with Crippen LogP contribution < -0.4 is 27.0 Å². The number of carbonyl (C=O) groups excluding carboxylic acids is 4. The minimum atomic E-state index is -0.845. The van der Waals surface area contributed by atoms with Gasteiger partial charge in [-0.2, -0.15) is 11.8 Å². The largest absolute Gasteiger partial charge is 0.351 e. The highest BCUT2D eigenvalue weighted by molar-refractivity contribution is 7.98. The fourth-order valence-electron chi connectivity index (χ4n) is 8.29. The van der Waals surface area contributed by atoms with Gasteiger partial charge in [-0.05, 0) is 103 Å². The van der Waals surface area contributed by atoms with E-state index < -0.39 is 35.8 Å². The predicted octanol–water partition coefficient (Wildman–Crippen LogP) is 3.88. The van der Waals surface area contributed by atoms with Crippen molar-refractivity contribution in [2.45, 2.75) is 102 Å². The molecule has 0 spiro atoms. The van der Waals surface area contributed by atoms with Gasteiger partial charge in [-0.3, -0.25) is 19.2 Å². The van der Waals surface area contributed by atoms with E-state index in [0.717, 1.165) is 23.0 Å². The third kappa shape index (κ3) is 10.1. The topological polar surface area (TPSA) is 142 Å². The fourth-order valence-corrected chi connectivity index (χ4v) is 8.76. The standard InChI is InChI=1S/C39H55N5O4S/c1-39(2,3)30-12-10-25(11-13-30)21-31(40)36(46)43-32(14-15-49-4)37(47)41-23-34(45)42-33(22-24-8-6-5-7-9-24)38(48)44-35-28-17-26-16-27(19-28)20-29(35)18-26/h5-13,26-29,31-33,35H,14-23,40H2,1-4H3,(H,41,47)(H,42,45)(H,43,46)(H,44,48)/t26?,27?,28?,29?,31-,32+,33-,35?/m0/s1. The molecule has 10 heteroatoms. The molecule has 4 aliphatic rings. The van der Waals surface area contributed by atoms with Crippen LogP contribution in [0.3, 0.4) is 0 Å². The van der Waals surface area contributed by atoms with Crippen molar-refractivity contribution in [3.63, 3.8) is 0 Å². The number of hydrogen-bond acceptors (Lipinski definition) is 6. The summed E-state index contributed by atoms with van der Waals surface area (Å²) in [6.45, 7) is 6.13. The lowest BCUT2D eigenvalue weighted by molar-refractivity contribution is -0.132. The molecule has 49 heavy (non-hydrogen) atoms. The highest BCUT2D eigenvalue weighted by Gasteiger charge is 2.49. The Bertz CT molecular complexity index is 1420. The number of nitrogens with one attached hydrogen (secondary N) is 4. The van der Waals surface area contributed by atoms with Gasteiger partial charge in [0, 0.05) is 12.5 Å². The van der Waals surface area contributed by atoms with Gasteiger partial charge in [0.2, 0.25) is 23.6 Å². The first-order valence-corrected chi connectivity index (χ1v) is 19.3. The first-order chi connectivity index (χ1) is 23.4. The summed E-state index contributed by atoms with van der Waals surface area (Å²) in [5.74, 6) is 1.75. The second-order valence-electron chi connectivity index (χ2n) is 15.6. The van der Waals surface area contributed by atoms with Crippen LogP contribution in [0.1, 0.15) is 76.0 Å². The molecule has 4 fully saturated rings. The summed E-state index contributed by atoms with van der Waals surface area (Å²) in [6.07, 6.45) is 9.08. The Balaban J connectivity index is 1.15. The van der Waals surface area contributed by atoms with Crippen LogP contribution in [-0.4, -0.2) is 66.3 Å². The van der Waals surface area contributed by atoms with E-state index in [9.17, 15) is 19.2 Å². The van der Waals surface area contributed by atoms with Crippen LogP contribution >= 0.6 is 11.8 Å². The maximum absolute atomic E-state index is 13.7. The minimum absolute atomic E-state index is 0.0242. The number of benzene rings is 2. The molecule has 6 N–H and O–H groups in total. The third-order valence-corrected chi connectivity index (χ3v) is 11.4. The van der Waals surface area contributed by atoms with Gasteiger partial charge < -0.3 is 27.0 Å². The number of rotatable bonds is 15. The van der Waals surface area contributed by atoms with Gasteiger partial charge in [0.05, 0.1) is 12.6 Å². The van der Waals surface area contributed by atoms with Gasteiger partial charge >= 0.3 is 0 Å². The van der Waals surface area contributed by atoms with Crippen LogP contribution in [0.15, 0.2) is 54.6 Å². The van der Waals surface area contributed by atoms with Crippen molar-refractivity contribution in [1.82, 2.24) is 21.3 Å². The van der Waals surface area contributed by atoms with Crippen molar-refractivity contribution < 1.29 is 19.2 Å². The molecule has 4 aliphatic carbocycles. The summed E-state index contributed by atoms with van der Waals surface area (Å²) in [5, 5.41) is 11.7. The highest BCUT2D eigenvalue weighted by Crippen LogP contribution is 2.53. The maximum Gasteiger partial charge on any atom is 0.243 e. The molecule has 266 valence electrons. The van der Waals surface area contributed by atoms with Gasteiger partial charge in [-0.15, -0.1) is 0 Å². The van der Waals surface area contributed by atoms with E-state index in [4.69, 9.17) is 5.73 Å². The molecule has 0 saturated heterocycles. The average Bonchev–Trinajstić information content (AvgIpc) is 3.06. The molecule has 0 unspecified atom stereocenters. The Morgan fingerprint density at radius 1 is 0.776 bits per heavy atom. The van der Waals surface area contributed by atoms with Crippen molar-refractivity contribution in [3.8, 4) is 0 Å². The Kier molecular flexibility index (Phi) is 12.5. The molecule has 3 atom stereocenters. The summed E-state index contributed by atoms with van der Waals surface area (Å²) < 4.78 is 0. The monoisotopic (exact) mass is 689 g/mol. The van der Waals surface area contributed by atoms with Crippen LogP contribution in [-0.2, 0) is 37.4 Å². The predicted molar refractivity (Wildman–Crippen MR) is 196 cm³/mol. The number of carbonyl (C=O) groups is 4. The van der Waals surface area contributed by atoms with Gasteiger partial charge in [0.25, 0.3) is 0 Å². The van der Waals surface area contributed by atoms with Crippen LogP contribution in [0, 0.1) is 23.7 Å². The van der Waals surface area contributed by atoms with Gasteiger partial charge in [0.15, 0.2) is 0 Å². The first kappa shape index (κ1) is 36.9. The quantitative estimate of drug-likeness (QED) is 0.192. The molecule has 2 aromatic carbocycles. The molecular formula is C39H55N5O4S. The molecular weight excluding hydrogens is 635 g/mol. The zero-order valence-electron chi connectivity index (χ0n) is 29.5. The van der Waals surface area contributed by atoms with Crippen LogP contribution in [0.25, 0.3) is 0 Å². The van der Waals surface area contributed by atoms with Crippen LogP contribution in [0.2, 0.25) is 0 Å². The van der Waals surface area contributed by atoms with E-state index in [1.54, 1.807) is 11.8 Å². The van der Waals surface area contributed by atoms with Crippen LogP contribution in [0.5, 0.6) is 0 Å². The number of hydrogen-bond donors (Lipinski definition) is 5. The molecule has 0 heterocycles. The fraction of sp³-hybridized carbons (Fsp3) is 0.590. The normalized spacial score (nSPS) is 24.4. The van der Waals surface area contributed by atoms with Gasteiger partial charge in [0.1, 0.15) is 12.1 Å². The Morgan fingerprint density at radius 3 is 1.98 bits per heavy atom. The van der Waals surface area contributed by atoms with Crippen molar-refractivity contribution in [2.24, 2.45) is 29.4 Å². The molecule has 0 aromatic heterocycles. The SMILES string of the molecule is CSCC[C@@H](NC(=O)[C@@H](N)Cc1ccc(C(C)(C)C)cc1)C(=O)NCC(=O)N[C@@H](Cc1ccccc1)C(=O)NC1C2CC3CC(C2)CC1C3. The van der Waals surface area contributed by atoms with Crippen molar-refractivity contribution in [1.29, 1.82) is 0 Å². The summed E-state index contributed by atoms with van der Waals surface area (Å²) in [6, 6.07) is 15.4. The highest BCUT2D eigenvalue weighted by atomic mass is 32.2. The van der Waals surface area contributed by atoms with Gasteiger partial charge in [-0.25, -0.2) is 0 Å². The molecule has 4 amide bonds. The van der Waals surface area contributed by atoms with E-state index in [0.29, 0.717) is 36.9 Å². The Hall–Kier alpha value is -3.37. The zero-order valence-corrected chi connectivity index (χ0v) is 30.3. The molecule has 0 radical (unpaired) electrons. The molecule has 0 aliphatic heterocycles. The summed E-state index contributed by atoms with van der Waals surface area (Å²) in [4.78, 5) is 53.3. The lowest BCUT2D eigenvalue weighted by Gasteiger charge is -2.54. The summed E-state index contributed by atoms with van der Waals surface area (Å²) in [7, 11) is 0. The molecule has 6 rings (SSSR count). The number of amides is 4. The zero-order chi connectivity index (χ0) is 35.1. The second-order valence-corrected chi connectivity index (χ2v) is 16.6. The van der Waals surface area contributed by atoms with E-state index in [2.05, 4.69) is 54.2 Å². The Labute approximate surface area is 296 Å². The molecule has 4 bridgehead atoms. The van der Waals surface area contributed by atoms with Crippen molar-refractivity contribution in [2.75, 3.05) is 18.6 Å². The number of thioether (sulfide) groups is 1. The molecule has 9 nitrogen and oxygen atoms in total. The second kappa shape index (κ2) is 16.6. The smallest absolute Gasteiger partial charge is 0.243 e. The maximum atomic E-state index is 13.7. The van der Waals surface area contributed by atoms with Crippen molar-refractivity contribution in [3.05, 3.63) is 71.3 Å². The Morgan fingerprint density at radius 2 is 1.39 bits per heavy atom. The van der Waals surface area contributed by atoms with E-state index in [1.807, 2.05) is 48.7 Å². The van der Waals surface area contributed by atoms with E-state index in [1.165, 1.54) is 37.7 Å². The van der Waals surface area contributed by atoms with E-state index >= 15 is 0 Å². The van der Waals surface area contributed by atoms with E-state index in [-0.39, 0.29) is 23.9 Å². The average molecular weight is 690 g/mol. The first-order valence-electron chi connectivity index (χ1n) is 17.9. The lowest BCUT2D eigenvalue weighted by atomic mass is 9.54. The molecule has 2 aromatic rings. The van der Waals surface area contributed by atoms with Crippen LogP contribution in [0.4, 0.5) is 0 Å². The van der Waals surface area contributed by atoms with Crippen molar-refractivity contribution >= 4 is 35.4 Å². The van der Waals surface area contributed by atoms with Gasteiger partial charge in [-0.1, -0.05) is 75.4 Å². The lowest BCUT2D eigenvalue weighted by Crippen LogP contribution is -2.60. The number of nitrogens with two attached hydrogens (primary N) is 1. The molecule has 4 saturated carbocycles. The third-order valence-electron chi connectivity index (χ3n) is 10.7.